The quantitative estimate of drug-likeness (QED) is 0.385. The predicted molar refractivity (Wildman–Crippen MR) is 113 cm³/mol. The Balaban J connectivity index is 1.53. The van der Waals surface area contributed by atoms with Crippen LogP contribution in [0, 0.1) is 0 Å². The molecule has 0 radical (unpaired) electrons. The summed E-state index contributed by atoms with van der Waals surface area (Å²) in [6, 6.07) is 18.9. The van der Waals surface area contributed by atoms with Crippen molar-refractivity contribution in [1.82, 2.24) is 4.90 Å². The Hall–Kier alpha value is -1.80. The van der Waals surface area contributed by atoms with Gasteiger partial charge in [0, 0.05) is 0 Å². The van der Waals surface area contributed by atoms with Crippen molar-refractivity contribution in [1.29, 1.82) is 0 Å². The van der Waals surface area contributed by atoms with E-state index in [1.165, 1.54) is 62.6 Å². The summed E-state index contributed by atoms with van der Waals surface area (Å²) in [5.74, 6) is 0.979. The van der Waals surface area contributed by atoms with E-state index in [-0.39, 0.29) is 0 Å². The van der Waals surface area contributed by atoms with E-state index in [0.717, 1.165) is 18.8 Å². The number of hydrogen-bond donors (Lipinski definition) is 0. The average Bonchev–Trinajstić information content (AvgIpc) is 2.67. The molecule has 26 heavy (non-hydrogen) atoms. The van der Waals surface area contributed by atoms with Crippen LogP contribution in [0.25, 0.3) is 11.1 Å². The maximum absolute atomic E-state index is 5.95. The normalized spacial score (nSPS) is 11.0. The molecule has 2 rings (SSSR count). The fourth-order valence-electron chi connectivity index (χ4n) is 3.18. The first kappa shape index (κ1) is 20.5. The first-order valence-electron chi connectivity index (χ1n) is 10.2. The van der Waals surface area contributed by atoms with Crippen LogP contribution in [0.5, 0.6) is 5.75 Å². The van der Waals surface area contributed by atoms with E-state index in [0.29, 0.717) is 0 Å². The van der Waals surface area contributed by atoms with E-state index < -0.39 is 0 Å². The molecule has 2 aromatic carbocycles. The summed E-state index contributed by atoms with van der Waals surface area (Å²) < 4.78 is 5.95. The SMILES string of the molecule is CN(C)CCCCCCCCCCOc1cccc(-c2ccccc2)c1. The van der Waals surface area contributed by atoms with E-state index in [4.69, 9.17) is 4.74 Å². The molecule has 0 bridgehead atoms. The number of unbranched alkanes of at least 4 members (excludes halogenated alkanes) is 7. The fourth-order valence-corrected chi connectivity index (χ4v) is 3.18. The summed E-state index contributed by atoms with van der Waals surface area (Å²) in [5, 5.41) is 0. The van der Waals surface area contributed by atoms with Crippen LogP contribution >= 0.6 is 0 Å². The van der Waals surface area contributed by atoms with Gasteiger partial charge in [0.15, 0.2) is 0 Å². The van der Waals surface area contributed by atoms with Crippen molar-refractivity contribution in [3.63, 3.8) is 0 Å². The number of rotatable bonds is 13. The molecule has 0 aliphatic carbocycles. The van der Waals surface area contributed by atoms with Gasteiger partial charge >= 0.3 is 0 Å². The van der Waals surface area contributed by atoms with Crippen molar-refractivity contribution in [2.45, 2.75) is 51.4 Å². The first-order chi connectivity index (χ1) is 12.8. The minimum Gasteiger partial charge on any atom is -0.494 e. The molecule has 0 aliphatic heterocycles. The summed E-state index contributed by atoms with van der Waals surface area (Å²) in [4.78, 5) is 2.27. The Labute approximate surface area is 160 Å². The second-order valence-corrected chi connectivity index (χ2v) is 7.37. The molecule has 0 unspecified atom stereocenters. The second kappa shape index (κ2) is 12.5. The molecule has 2 aromatic rings. The smallest absolute Gasteiger partial charge is 0.119 e. The molecular weight excluding hydrogens is 318 g/mol. The predicted octanol–water partition coefficient (Wildman–Crippen LogP) is 6.41. The Bertz CT molecular complexity index is 594. The van der Waals surface area contributed by atoms with Crippen LogP contribution < -0.4 is 4.74 Å². The lowest BCUT2D eigenvalue weighted by atomic mass is 10.1. The Morgan fingerprint density at radius 3 is 1.96 bits per heavy atom. The van der Waals surface area contributed by atoms with Crippen molar-refractivity contribution in [2.75, 3.05) is 27.2 Å². The van der Waals surface area contributed by atoms with Gasteiger partial charge in [-0.05, 0) is 56.7 Å². The van der Waals surface area contributed by atoms with E-state index in [2.05, 4.69) is 67.5 Å². The van der Waals surface area contributed by atoms with Crippen LogP contribution in [0.3, 0.4) is 0 Å². The van der Waals surface area contributed by atoms with E-state index in [1.807, 2.05) is 6.07 Å². The zero-order valence-electron chi connectivity index (χ0n) is 16.6. The molecule has 0 N–H and O–H groups in total. The fraction of sp³-hybridized carbons (Fsp3) is 0.500. The topological polar surface area (TPSA) is 12.5 Å². The Kier molecular flexibility index (Phi) is 9.89. The van der Waals surface area contributed by atoms with Gasteiger partial charge in [0.25, 0.3) is 0 Å². The molecule has 2 nitrogen and oxygen atoms in total. The number of hydrogen-bond acceptors (Lipinski definition) is 2. The molecule has 0 fully saturated rings. The molecular formula is C24H35NO. The molecule has 0 spiro atoms. The van der Waals surface area contributed by atoms with Gasteiger partial charge in [-0.2, -0.15) is 0 Å². The number of benzene rings is 2. The first-order valence-corrected chi connectivity index (χ1v) is 10.2. The summed E-state index contributed by atoms with van der Waals surface area (Å²) in [7, 11) is 4.31. The number of nitrogens with zero attached hydrogens (tertiary/aromatic N) is 1. The summed E-state index contributed by atoms with van der Waals surface area (Å²) in [6.07, 6.45) is 10.6. The highest BCUT2D eigenvalue weighted by Crippen LogP contribution is 2.23. The minimum absolute atomic E-state index is 0.821. The van der Waals surface area contributed by atoms with Gasteiger partial charge in [0.05, 0.1) is 6.61 Å². The third kappa shape index (κ3) is 8.53. The lowest BCUT2D eigenvalue weighted by Crippen LogP contribution is -2.12. The van der Waals surface area contributed by atoms with Gasteiger partial charge in [-0.25, -0.2) is 0 Å². The van der Waals surface area contributed by atoms with Gasteiger partial charge in [0.1, 0.15) is 5.75 Å². The van der Waals surface area contributed by atoms with Gasteiger partial charge < -0.3 is 9.64 Å². The molecule has 0 saturated carbocycles. The van der Waals surface area contributed by atoms with Crippen LogP contribution in [0.15, 0.2) is 54.6 Å². The highest BCUT2D eigenvalue weighted by Gasteiger charge is 2.00. The number of ether oxygens (including phenoxy) is 1. The van der Waals surface area contributed by atoms with E-state index >= 15 is 0 Å². The molecule has 0 saturated heterocycles. The maximum Gasteiger partial charge on any atom is 0.119 e. The largest absolute Gasteiger partial charge is 0.494 e. The van der Waals surface area contributed by atoms with Crippen LogP contribution in [0.4, 0.5) is 0 Å². The van der Waals surface area contributed by atoms with Crippen molar-refractivity contribution in [3.8, 4) is 16.9 Å². The molecule has 0 aliphatic rings. The Morgan fingerprint density at radius 1 is 0.654 bits per heavy atom. The molecule has 0 aromatic heterocycles. The lowest BCUT2D eigenvalue weighted by molar-refractivity contribution is 0.304. The second-order valence-electron chi connectivity index (χ2n) is 7.37. The van der Waals surface area contributed by atoms with Crippen LogP contribution in [-0.2, 0) is 0 Å². The Morgan fingerprint density at radius 2 is 1.27 bits per heavy atom. The average molecular weight is 354 g/mol. The molecule has 0 heterocycles. The third-order valence-corrected chi connectivity index (χ3v) is 4.71. The zero-order chi connectivity index (χ0) is 18.5. The van der Waals surface area contributed by atoms with Crippen LogP contribution in [-0.4, -0.2) is 32.1 Å². The maximum atomic E-state index is 5.95. The molecule has 2 heteroatoms. The van der Waals surface area contributed by atoms with Crippen LogP contribution in [0.2, 0.25) is 0 Å². The summed E-state index contributed by atoms with van der Waals surface area (Å²) in [6.45, 7) is 2.05. The van der Waals surface area contributed by atoms with Gasteiger partial charge in [-0.3, -0.25) is 0 Å². The van der Waals surface area contributed by atoms with E-state index in [9.17, 15) is 0 Å². The van der Waals surface area contributed by atoms with Crippen molar-refractivity contribution < 1.29 is 4.74 Å². The summed E-state index contributed by atoms with van der Waals surface area (Å²) >= 11 is 0. The molecule has 0 amide bonds. The standard InChI is InChI=1S/C24H35NO/c1-25(2)19-12-7-5-3-4-6-8-13-20-26-24-18-14-17-23(21-24)22-15-10-9-11-16-22/h9-11,14-18,21H,3-8,12-13,19-20H2,1-2H3. The van der Waals surface area contributed by atoms with Crippen molar-refractivity contribution in [3.05, 3.63) is 54.6 Å². The highest BCUT2D eigenvalue weighted by molar-refractivity contribution is 5.64. The van der Waals surface area contributed by atoms with Gasteiger partial charge in [-0.1, -0.05) is 81.0 Å². The van der Waals surface area contributed by atoms with E-state index in [1.54, 1.807) is 0 Å². The van der Waals surface area contributed by atoms with Gasteiger partial charge in [0.2, 0.25) is 0 Å². The third-order valence-electron chi connectivity index (χ3n) is 4.71. The molecule has 142 valence electrons. The zero-order valence-corrected chi connectivity index (χ0v) is 16.6. The minimum atomic E-state index is 0.821. The van der Waals surface area contributed by atoms with Crippen LogP contribution in [0.1, 0.15) is 51.4 Å². The van der Waals surface area contributed by atoms with Crippen molar-refractivity contribution >= 4 is 0 Å². The summed E-state index contributed by atoms with van der Waals surface area (Å²) in [5.41, 5.74) is 2.46. The monoisotopic (exact) mass is 353 g/mol. The van der Waals surface area contributed by atoms with Crippen molar-refractivity contribution in [2.24, 2.45) is 0 Å². The highest BCUT2D eigenvalue weighted by atomic mass is 16.5. The van der Waals surface area contributed by atoms with Gasteiger partial charge in [-0.15, -0.1) is 0 Å². The lowest BCUT2D eigenvalue weighted by Gasteiger charge is -2.09. The molecule has 0 atom stereocenters.